The molecule has 1 heterocycles. The third-order valence-corrected chi connectivity index (χ3v) is 6.13. The van der Waals surface area contributed by atoms with Crippen LogP contribution in [0.3, 0.4) is 0 Å². The molecular weight excluding hydrogens is 540 g/mol. The van der Waals surface area contributed by atoms with Crippen molar-refractivity contribution in [3.63, 3.8) is 0 Å². The van der Waals surface area contributed by atoms with Crippen LogP contribution in [0.1, 0.15) is 82.1 Å². The second-order valence-corrected chi connectivity index (χ2v) is 8.61. The Hall–Kier alpha value is -2.34. The van der Waals surface area contributed by atoms with Crippen molar-refractivity contribution in [2.75, 3.05) is 26.2 Å². The van der Waals surface area contributed by atoms with Gasteiger partial charge in [-0.1, -0.05) is 112 Å². The van der Waals surface area contributed by atoms with Crippen molar-refractivity contribution >= 4 is 15.9 Å². The summed E-state index contributed by atoms with van der Waals surface area (Å²) >= 11 is 3.27. The smallest absolute Gasteiger partial charge is 0.157 e. The zero-order valence-electron chi connectivity index (χ0n) is 24.8. The molecule has 38 heavy (non-hydrogen) atoms. The largest absolute Gasteiger partial charge is 0.508 e. The lowest BCUT2D eigenvalue weighted by molar-refractivity contribution is -0.102. The van der Waals surface area contributed by atoms with Crippen molar-refractivity contribution in [1.82, 2.24) is 0 Å². The first-order valence-electron chi connectivity index (χ1n) is 13.8. The Morgan fingerprint density at radius 3 is 1.92 bits per heavy atom. The number of hydrogen-bond acceptors (Lipinski definition) is 4. The second kappa shape index (κ2) is 21.6. The van der Waals surface area contributed by atoms with Crippen LogP contribution in [0.2, 0.25) is 0 Å². The number of rotatable bonds is 6. The third-order valence-electron chi connectivity index (χ3n) is 5.68. The molecule has 0 fully saturated rings. The highest BCUT2D eigenvalue weighted by Crippen LogP contribution is 2.46. The fraction of sp³-hybridized carbons (Fsp3) is 0.455. The maximum absolute atomic E-state index is 9.64. The minimum absolute atomic E-state index is 0.0469. The molecule has 0 aromatic heterocycles. The lowest BCUT2D eigenvalue weighted by Crippen LogP contribution is -2.25. The molecule has 0 amide bonds. The first-order chi connectivity index (χ1) is 18.6. The minimum Gasteiger partial charge on any atom is -0.508 e. The molecule has 1 aliphatic rings. The monoisotopic (exact) mass is 588 g/mol. The minimum atomic E-state index is -0.0469. The summed E-state index contributed by atoms with van der Waals surface area (Å²) in [6.07, 6.45) is 0.849. The normalized spacial score (nSPS) is 14.9. The molecule has 5 heteroatoms. The van der Waals surface area contributed by atoms with E-state index in [0.717, 1.165) is 17.5 Å². The van der Waals surface area contributed by atoms with Gasteiger partial charge in [0.15, 0.2) is 6.29 Å². The predicted molar refractivity (Wildman–Crippen MR) is 166 cm³/mol. The molecule has 4 rings (SSSR count). The highest BCUT2D eigenvalue weighted by Gasteiger charge is 2.33. The molecule has 4 nitrogen and oxygen atoms in total. The van der Waals surface area contributed by atoms with Crippen molar-refractivity contribution in [2.24, 2.45) is 0 Å². The number of ether oxygens (including phenoxy) is 3. The molecule has 1 aliphatic heterocycles. The van der Waals surface area contributed by atoms with E-state index in [4.69, 9.17) is 14.2 Å². The van der Waals surface area contributed by atoms with Crippen molar-refractivity contribution in [1.29, 1.82) is 0 Å². The Kier molecular flexibility index (Phi) is 20.2. The van der Waals surface area contributed by atoms with Crippen LogP contribution in [-0.4, -0.2) is 37.6 Å². The van der Waals surface area contributed by atoms with Crippen LogP contribution in [0.15, 0.2) is 72.8 Å². The molecule has 0 radical (unpaired) electrons. The second-order valence-electron chi connectivity index (χ2n) is 7.82. The van der Waals surface area contributed by atoms with Gasteiger partial charge in [0.1, 0.15) is 11.5 Å². The summed E-state index contributed by atoms with van der Waals surface area (Å²) < 4.78 is 15.9. The molecule has 212 valence electrons. The van der Waals surface area contributed by atoms with Crippen molar-refractivity contribution < 1.29 is 19.3 Å². The SMILES string of the molecule is CC.CC.CC.COC(CCBr)OC.Cc1ccc2c(c1)OC[C@H](c1ccccc1)[C@@H]2c1ccc(O)cc1. The molecule has 0 spiro atoms. The summed E-state index contributed by atoms with van der Waals surface area (Å²) in [5.41, 5.74) is 4.90. The zero-order valence-corrected chi connectivity index (χ0v) is 26.4. The predicted octanol–water partition coefficient (Wildman–Crippen LogP) is 9.48. The number of alkyl halides is 1. The van der Waals surface area contributed by atoms with Crippen LogP contribution in [0.25, 0.3) is 0 Å². The fourth-order valence-electron chi connectivity index (χ4n) is 4.02. The van der Waals surface area contributed by atoms with E-state index in [1.54, 1.807) is 26.4 Å². The zero-order chi connectivity index (χ0) is 28.9. The molecular formula is C33H49BrO4. The van der Waals surface area contributed by atoms with E-state index in [1.165, 1.54) is 22.3 Å². The van der Waals surface area contributed by atoms with Gasteiger partial charge in [0, 0.05) is 43.4 Å². The van der Waals surface area contributed by atoms with Crippen LogP contribution >= 0.6 is 15.9 Å². The lowest BCUT2D eigenvalue weighted by Gasteiger charge is -2.34. The summed E-state index contributed by atoms with van der Waals surface area (Å²) in [4.78, 5) is 0. The first kappa shape index (κ1) is 35.7. The van der Waals surface area contributed by atoms with Gasteiger partial charge in [-0.15, -0.1) is 0 Å². The highest BCUT2D eigenvalue weighted by atomic mass is 79.9. The average Bonchev–Trinajstić information content (AvgIpc) is 2.99. The van der Waals surface area contributed by atoms with E-state index in [-0.39, 0.29) is 18.1 Å². The summed E-state index contributed by atoms with van der Waals surface area (Å²) in [5, 5.41) is 10.6. The third kappa shape index (κ3) is 11.2. The Morgan fingerprint density at radius 2 is 1.42 bits per heavy atom. The number of methoxy groups -OCH3 is 2. The molecule has 0 saturated carbocycles. The number of hydrogen-bond donors (Lipinski definition) is 1. The Labute approximate surface area is 240 Å². The maximum Gasteiger partial charge on any atom is 0.157 e. The number of phenols is 1. The van der Waals surface area contributed by atoms with Gasteiger partial charge >= 0.3 is 0 Å². The van der Waals surface area contributed by atoms with E-state index >= 15 is 0 Å². The number of aromatic hydroxyl groups is 1. The number of fused-ring (bicyclic) bond motifs is 1. The Balaban J connectivity index is 0.000000831. The van der Waals surface area contributed by atoms with E-state index < -0.39 is 0 Å². The molecule has 0 saturated heterocycles. The lowest BCUT2D eigenvalue weighted by atomic mass is 9.76. The van der Waals surface area contributed by atoms with Gasteiger partial charge in [0.2, 0.25) is 0 Å². The quantitative estimate of drug-likeness (QED) is 0.230. The molecule has 2 atom stereocenters. The van der Waals surface area contributed by atoms with Gasteiger partial charge < -0.3 is 19.3 Å². The molecule has 0 aliphatic carbocycles. The maximum atomic E-state index is 9.64. The molecule has 1 N–H and O–H groups in total. The van der Waals surface area contributed by atoms with Crippen molar-refractivity contribution in [3.8, 4) is 11.5 Å². The highest BCUT2D eigenvalue weighted by molar-refractivity contribution is 9.09. The number of halogens is 1. The van der Waals surface area contributed by atoms with Gasteiger partial charge in [-0.2, -0.15) is 0 Å². The van der Waals surface area contributed by atoms with E-state index in [0.29, 0.717) is 12.4 Å². The van der Waals surface area contributed by atoms with Crippen LogP contribution in [0.4, 0.5) is 0 Å². The number of benzene rings is 3. The van der Waals surface area contributed by atoms with Gasteiger partial charge in [-0.05, 0) is 41.8 Å². The van der Waals surface area contributed by atoms with Gasteiger partial charge in [0.05, 0.1) is 6.61 Å². The van der Waals surface area contributed by atoms with Crippen LogP contribution in [0, 0.1) is 6.92 Å². The van der Waals surface area contributed by atoms with Crippen molar-refractivity contribution in [3.05, 3.63) is 95.1 Å². The molecule has 3 aromatic rings. The van der Waals surface area contributed by atoms with E-state index in [2.05, 4.69) is 65.3 Å². The van der Waals surface area contributed by atoms with Crippen LogP contribution in [0.5, 0.6) is 11.5 Å². The summed E-state index contributed by atoms with van der Waals surface area (Å²) in [5.74, 6) is 1.75. The van der Waals surface area contributed by atoms with Crippen LogP contribution in [-0.2, 0) is 9.47 Å². The van der Waals surface area contributed by atoms with Gasteiger partial charge in [-0.25, -0.2) is 0 Å². The Bertz CT molecular complexity index is 956. The molecule has 3 aromatic carbocycles. The van der Waals surface area contributed by atoms with E-state index in [9.17, 15) is 5.11 Å². The summed E-state index contributed by atoms with van der Waals surface area (Å²) in [6, 6.07) is 24.5. The topological polar surface area (TPSA) is 47.9 Å². The van der Waals surface area contributed by atoms with E-state index in [1.807, 2.05) is 59.7 Å². The molecule has 0 unspecified atom stereocenters. The standard InChI is InChI=1S/C22H20O2.C5H11BrO2.3C2H6/c1-15-7-12-19-21(13-15)24-14-20(16-5-3-2-4-6-16)22(19)17-8-10-18(23)11-9-17;1-7-5(8-2)3-4-6;3*1-2/h2-13,20,22-23H,14H2,1H3;5H,3-4H2,1-2H3;3*1-2H3/t20-,22-;;;;/m1..../s1. The number of aryl methyl sites for hydroxylation is 1. The molecule has 0 bridgehead atoms. The van der Waals surface area contributed by atoms with Gasteiger partial charge in [-0.3, -0.25) is 0 Å². The van der Waals surface area contributed by atoms with Crippen molar-refractivity contribution in [2.45, 2.75) is 73.0 Å². The summed E-state index contributed by atoms with van der Waals surface area (Å²) in [7, 11) is 3.27. The van der Waals surface area contributed by atoms with Crippen LogP contribution < -0.4 is 4.74 Å². The fourth-order valence-corrected chi connectivity index (χ4v) is 4.39. The summed E-state index contributed by atoms with van der Waals surface area (Å²) in [6.45, 7) is 14.7. The first-order valence-corrected chi connectivity index (χ1v) is 14.9. The Morgan fingerprint density at radius 1 is 0.842 bits per heavy atom. The average molecular weight is 590 g/mol. The number of phenolic OH excluding ortho intramolecular Hbond substituents is 1. The van der Waals surface area contributed by atoms with Gasteiger partial charge in [0.25, 0.3) is 0 Å².